The lowest BCUT2D eigenvalue weighted by molar-refractivity contribution is 0.0795. The summed E-state index contributed by atoms with van der Waals surface area (Å²) >= 11 is 0. The van der Waals surface area contributed by atoms with E-state index in [1.165, 1.54) is 6.42 Å². The topological polar surface area (TPSA) is 63.7 Å². The first-order valence-corrected chi connectivity index (χ1v) is 7.07. The summed E-state index contributed by atoms with van der Waals surface area (Å²) in [6.45, 7) is 1.52. The molecule has 1 fully saturated rings. The number of ether oxygens (including phenoxy) is 1. The summed E-state index contributed by atoms with van der Waals surface area (Å²) in [4.78, 5) is 10.5. The molecule has 1 aromatic heterocycles. The molecule has 2 rings (SSSR count). The lowest BCUT2D eigenvalue weighted by atomic mass is 10.1. The van der Waals surface area contributed by atoms with E-state index in [0.717, 1.165) is 25.9 Å². The van der Waals surface area contributed by atoms with Gasteiger partial charge in [-0.05, 0) is 25.3 Å². The zero-order valence-corrected chi connectivity index (χ0v) is 11.8. The van der Waals surface area contributed by atoms with Gasteiger partial charge in [-0.2, -0.15) is 0 Å². The standard InChI is InChI=1S/C14H20F2N4O/c15-12(16)10-21-13-6-4-5-11(19-13)9-18-14(17)20-7-2-1-3-8-20/h4-6,12H,1-3,7-10H2,(H2,17,18). The average molecular weight is 298 g/mol. The van der Waals surface area contributed by atoms with E-state index in [1.807, 2.05) is 0 Å². The monoisotopic (exact) mass is 298 g/mol. The molecule has 1 saturated heterocycles. The maximum Gasteiger partial charge on any atom is 0.272 e. The number of piperidine rings is 1. The smallest absolute Gasteiger partial charge is 0.272 e. The lowest BCUT2D eigenvalue weighted by Gasteiger charge is -2.27. The lowest BCUT2D eigenvalue weighted by Crippen LogP contribution is -2.40. The minimum atomic E-state index is -2.51. The maximum atomic E-state index is 12.1. The van der Waals surface area contributed by atoms with E-state index in [-0.39, 0.29) is 5.88 Å². The first-order chi connectivity index (χ1) is 10.1. The van der Waals surface area contributed by atoms with Crippen LogP contribution in [0.1, 0.15) is 25.0 Å². The van der Waals surface area contributed by atoms with E-state index in [0.29, 0.717) is 18.2 Å². The first kappa shape index (κ1) is 15.5. The number of rotatable bonds is 5. The minimum Gasteiger partial charge on any atom is -0.472 e. The number of alkyl halides is 2. The fourth-order valence-electron chi connectivity index (χ4n) is 2.16. The number of guanidine groups is 1. The van der Waals surface area contributed by atoms with Crippen molar-refractivity contribution in [2.24, 2.45) is 10.7 Å². The molecule has 2 heterocycles. The van der Waals surface area contributed by atoms with Crippen LogP contribution in [0.5, 0.6) is 5.88 Å². The third-order valence-corrected chi connectivity index (χ3v) is 3.22. The van der Waals surface area contributed by atoms with E-state index < -0.39 is 13.0 Å². The molecular formula is C14H20F2N4O. The van der Waals surface area contributed by atoms with E-state index >= 15 is 0 Å². The molecule has 1 aliphatic heterocycles. The van der Waals surface area contributed by atoms with E-state index in [9.17, 15) is 8.78 Å². The summed E-state index contributed by atoms with van der Waals surface area (Å²) in [5.41, 5.74) is 6.59. The summed E-state index contributed by atoms with van der Waals surface area (Å²) in [7, 11) is 0. The van der Waals surface area contributed by atoms with Crippen molar-refractivity contribution < 1.29 is 13.5 Å². The van der Waals surface area contributed by atoms with Gasteiger partial charge in [0.2, 0.25) is 5.88 Å². The number of halogens is 2. The number of pyridine rings is 1. The van der Waals surface area contributed by atoms with Gasteiger partial charge in [-0.25, -0.2) is 18.8 Å². The quantitative estimate of drug-likeness (QED) is 0.667. The van der Waals surface area contributed by atoms with Gasteiger partial charge in [0.25, 0.3) is 6.43 Å². The number of hydrogen-bond donors (Lipinski definition) is 1. The largest absolute Gasteiger partial charge is 0.472 e. The number of aromatic nitrogens is 1. The summed E-state index contributed by atoms with van der Waals surface area (Å²) in [5.74, 6) is 0.690. The number of nitrogens with two attached hydrogens (primary N) is 1. The fraction of sp³-hybridized carbons (Fsp3) is 0.571. The SMILES string of the molecule is NC(=NCc1cccc(OCC(F)F)n1)N1CCCCC1. The van der Waals surface area contributed by atoms with Gasteiger partial charge in [0, 0.05) is 19.2 Å². The van der Waals surface area contributed by atoms with Gasteiger partial charge in [-0.3, -0.25) is 0 Å². The molecule has 2 N–H and O–H groups in total. The third kappa shape index (κ3) is 5.17. The van der Waals surface area contributed by atoms with Crippen LogP contribution in [-0.4, -0.2) is 42.0 Å². The van der Waals surface area contributed by atoms with Crippen LogP contribution >= 0.6 is 0 Å². The van der Waals surface area contributed by atoms with Crippen LogP contribution in [0.15, 0.2) is 23.2 Å². The molecule has 1 aromatic rings. The van der Waals surface area contributed by atoms with Crippen LogP contribution < -0.4 is 10.5 Å². The second kappa shape index (κ2) is 7.75. The van der Waals surface area contributed by atoms with Gasteiger partial charge in [0.15, 0.2) is 12.6 Å². The van der Waals surface area contributed by atoms with Gasteiger partial charge in [-0.1, -0.05) is 6.07 Å². The van der Waals surface area contributed by atoms with Crippen molar-refractivity contribution in [3.63, 3.8) is 0 Å². The van der Waals surface area contributed by atoms with Crippen LogP contribution in [0.4, 0.5) is 8.78 Å². The van der Waals surface area contributed by atoms with Gasteiger partial charge in [0.1, 0.15) is 0 Å². The van der Waals surface area contributed by atoms with Crippen molar-refractivity contribution in [1.29, 1.82) is 0 Å². The number of hydrogen-bond acceptors (Lipinski definition) is 3. The summed E-state index contributed by atoms with van der Waals surface area (Å²) in [5, 5.41) is 0. The third-order valence-electron chi connectivity index (χ3n) is 3.22. The van der Waals surface area contributed by atoms with Crippen molar-refractivity contribution in [2.75, 3.05) is 19.7 Å². The van der Waals surface area contributed by atoms with Crippen molar-refractivity contribution >= 4 is 5.96 Å². The van der Waals surface area contributed by atoms with Crippen LogP contribution in [0.3, 0.4) is 0 Å². The highest BCUT2D eigenvalue weighted by Crippen LogP contribution is 2.11. The molecule has 0 unspecified atom stereocenters. The first-order valence-electron chi connectivity index (χ1n) is 7.07. The van der Waals surface area contributed by atoms with Crippen molar-refractivity contribution in [3.8, 4) is 5.88 Å². The fourth-order valence-corrected chi connectivity index (χ4v) is 2.16. The van der Waals surface area contributed by atoms with E-state index in [2.05, 4.69) is 14.9 Å². The molecule has 5 nitrogen and oxygen atoms in total. The van der Waals surface area contributed by atoms with Gasteiger partial charge in [0.05, 0.1) is 12.2 Å². The molecule has 0 bridgehead atoms. The Morgan fingerprint density at radius 3 is 2.81 bits per heavy atom. The van der Waals surface area contributed by atoms with Crippen LogP contribution in [0.2, 0.25) is 0 Å². The van der Waals surface area contributed by atoms with Gasteiger partial charge >= 0.3 is 0 Å². The molecule has 0 aliphatic carbocycles. The molecular weight excluding hydrogens is 278 g/mol. The molecule has 0 aromatic carbocycles. The molecule has 21 heavy (non-hydrogen) atoms. The molecule has 1 aliphatic rings. The number of nitrogens with zero attached hydrogens (tertiary/aromatic N) is 3. The normalized spacial score (nSPS) is 16.3. The predicted molar refractivity (Wildman–Crippen MR) is 76.5 cm³/mol. The zero-order chi connectivity index (χ0) is 15.1. The molecule has 0 saturated carbocycles. The average Bonchev–Trinajstić information content (AvgIpc) is 2.52. The Labute approximate surface area is 122 Å². The second-order valence-corrected chi connectivity index (χ2v) is 4.89. The summed E-state index contributed by atoms with van der Waals surface area (Å²) in [6.07, 6.45) is 0.981. The van der Waals surface area contributed by atoms with Crippen molar-refractivity contribution in [2.45, 2.75) is 32.2 Å². The number of likely N-dealkylation sites (tertiary alicyclic amines) is 1. The highest BCUT2D eigenvalue weighted by atomic mass is 19.3. The second-order valence-electron chi connectivity index (χ2n) is 4.89. The maximum absolute atomic E-state index is 12.1. The Morgan fingerprint density at radius 2 is 2.10 bits per heavy atom. The molecule has 0 amide bonds. The van der Waals surface area contributed by atoms with Gasteiger partial charge in [-0.15, -0.1) is 0 Å². The highest BCUT2D eigenvalue weighted by Gasteiger charge is 2.11. The predicted octanol–water partition coefficient (Wildman–Crippen LogP) is 2.03. The summed E-state index contributed by atoms with van der Waals surface area (Å²) < 4.78 is 29.0. The van der Waals surface area contributed by atoms with Crippen LogP contribution in [-0.2, 0) is 6.54 Å². The van der Waals surface area contributed by atoms with Gasteiger partial charge < -0.3 is 15.4 Å². The van der Waals surface area contributed by atoms with Crippen LogP contribution in [0, 0.1) is 0 Å². The Morgan fingerprint density at radius 1 is 1.33 bits per heavy atom. The number of aliphatic imine (C=N–C) groups is 1. The molecule has 116 valence electrons. The minimum absolute atomic E-state index is 0.180. The molecule has 0 atom stereocenters. The van der Waals surface area contributed by atoms with Crippen molar-refractivity contribution in [3.05, 3.63) is 23.9 Å². The Balaban J connectivity index is 1.91. The van der Waals surface area contributed by atoms with E-state index in [4.69, 9.17) is 10.5 Å². The zero-order valence-electron chi connectivity index (χ0n) is 11.8. The van der Waals surface area contributed by atoms with E-state index in [1.54, 1.807) is 18.2 Å². The van der Waals surface area contributed by atoms with Crippen LogP contribution in [0.25, 0.3) is 0 Å². The Bertz CT molecular complexity index is 476. The van der Waals surface area contributed by atoms with Crippen molar-refractivity contribution in [1.82, 2.24) is 9.88 Å². The summed E-state index contributed by atoms with van der Waals surface area (Å²) in [6, 6.07) is 5.02. The molecule has 7 heteroatoms. The Kier molecular flexibility index (Phi) is 5.71. The molecule has 0 radical (unpaired) electrons. The highest BCUT2D eigenvalue weighted by molar-refractivity contribution is 5.78. The Hall–Kier alpha value is -1.92. The molecule has 0 spiro atoms.